The summed E-state index contributed by atoms with van der Waals surface area (Å²) in [6, 6.07) is 7.80. The molecule has 0 fully saturated rings. The Bertz CT molecular complexity index is 1330. The predicted molar refractivity (Wildman–Crippen MR) is 112 cm³/mol. The van der Waals surface area contributed by atoms with Crippen molar-refractivity contribution in [3.8, 4) is 11.5 Å². The van der Waals surface area contributed by atoms with Gasteiger partial charge >= 0.3 is 6.18 Å². The van der Waals surface area contributed by atoms with Crippen LogP contribution in [0, 0.1) is 13.8 Å². The van der Waals surface area contributed by atoms with Crippen molar-refractivity contribution < 1.29 is 22.8 Å². The maximum absolute atomic E-state index is 13.1. The van der Waals surface area contributed by atoms with Gasteiger partial charge in [-0.15, -0.1) is 0 Å². The number of carbonyl (C=O) groups is 2. The fourth-order valence-corrected chi connectivity index (χ4v) is 3.35. The third kappa shape index (κ3) is 4.38. The number of nitrogens with zero attached hydrogens (tertiary/aromatic N) is 5. The largest absolute Gasteiger partial charge is 0.416 e. The van der Waals surface area contributed by atoms with E-state index >= 15 is 0 Å². The number of alkyl halides is 3. The number of hydrogen-bond donors (Lipinski definition) is 1. The zero-order chi connectivity index (χ0) is 23.8. The number of amides is 1. The minimum atomic E-state index is -4.52. The van der Waals surface area contributed by atoms with E-state index in [-0.39, 0.29) is 22.6 Å². The summed E-state index contributed by atoms with van der Waals surface area (Å²) in [4.78, 5) is 33.5. The van der Waals surface area contributed by atoms with Crippen LogP contribution in [0.15, 0.2) is 61.3 Å². The minimum Gasteiger partial charge on any atom is -0.318 e. The standard InChI is InChI=1S/C22H17F3N6O2/c1-13-19(14(2)31(29-13)17-5-3-4-15(10-17)22(23,24)25)20(32)21(33)28-16-6-7-18(27-11-16)30-9-8-26-12-30/h3-12H,1-2H3,(H,28,33). The van der Waals surface area contributed by atoms with E-state index in [0.717, 1.165) is 12.1 Å². The lowest BCUT2D eigenvalue weighted by molar-refractivity contribution is -0.137. The van der Waals surface area contributed by atoms with Gasteiger partial charge in [-0.1, -0.05) is 6.07 Å². The molecule has 0 bridgehead atoms. The maximum atomic E-state index is 13.1. The molecule has 11 heteroatoms. The van der Waals surface area contributed by atoms with E-state index in [4.69, 9.17) is 0 Å². The van der Waals surface area contributed by atoms with Crippen LogP contribution in [0.3, 0.4) is 0 Å². The van der Waals surface area contributed by atoms with Crippen LogP contribution in [0.2, 0.25) is 0 Å². The summed E-state index contributed by atoms with van der Waals surface area (Å²) >= 11 is 0. The van der Waals surface area contributed by atoms with Gasteiger partial charge in [0.05, 0.1) is 40.1 Å². The highest BCUT2D eigenvalue weighted by Gasteiger charge is 2.31. The Morgan fingerprint density at radius 1 is 1.09 bits per heavy atom. The number of ketones is 1. The molecule has 0 saturated carbocycles. The zero-order valence-electron chi connectivity index (χ0n) is 17.5. The lowest BCUT2D eigenvalue weighted by Crippen LogP contribution is -2.24. The molecule has 8 nitrogen and oxygen atoms in total. The van der Waals surface area contributed by atoms with E-state index in [1.54, 1.807) is 35.4 Å². The van der Waals surface area contributed by atoms with E-state index < -0.39 is 23.4 Å². The first kappa shape index (κ1) is 21.9. The first-order valence-electron chi connectivity index (χ1n) is 9.69. The second-order valence-electron chi connectivity index (χ2n) is 7.16. The molecule has 4 aromatic rings. The third-order valence-corrected chi connectivity index (χ3v) is 4.92. The van der Waals surface area contributed by atoms with Crippen molar-refractivity contribution >= 4 is 17.4 Å². The highest BCUT2D eigenvalue weighted by atomic mass is 19.4. The van der Waals surface area contributed by atoms with Crippen LogP contribution in [0.25, 0.3) is 11.5 Å². The topological polar surface area (TPSA) is 94.7 Å². The van der Waals surface area contributed by atoms with Crippen molar-refractivity contribution in [1.29, 1.82) is 0 Å². The SMILES string of the molecule is Cc1nn(-c2cccc(C(F)(F)F)c2)c(C)c1C(=O)C(=O)Nc1ccc(-n2ccnc2)nc1. The van der Waals surface area contributed by atoms with E-state index in [0.29, 0.717) is 11.5 Å². The zero-order valence-corrected chi connectivity index (χ0v) is 17.5. The molecule has 0 aliphatic rings. The Labute approximate surface area is 185 Å². The Morgan fingerprint density at radius 2 is 1.88 bits per heavy atom. The summed E-state index contributed by atoms with van der Waals surface area (Å²) in [6.07, 6.45) is 1.74. The Hall–Kier alpha value is -4.28. The summed E-state index contributed by atoms with van der Waals surface area (Å²) in [5.41, 5.74) is 0.0823. The van der Waals surface area contributed by atoms with Gasteiger partial charge in [0.15, 0.2) is 0 Å². The number of carbonyl (C=O) groups excluding carboxylic acids is 2. The van der Waals surface area contributed by atoms with E-state index in [1.807, 2.05) is 0 Å². The maximum Gasteiger partial charge on any atom is 0.416 e. The quantitative estimate of drug-likeness (QED) is 0.365. The van der Waals surface area contributed by atoms with Crippen molar-refractivity contribution in [3.05, 3.63) is 83.8 Å². The molecule has 0 spiro atoms. The van der Waals surface area contributed by atoms with Crippen LogP contribution in [-0.4, -0.2) is 36.0 Å². The van der Waals surface area contributed by atoms with Crippen LogP contribution in [0.5, 0.6) is 0 Å². The molecule has 0 aliphatic heterocycles. The average Bonchev–Trinajstić information content (AvgIpc) is 3.41. The second kappa shape index (κ2) is 8.34. The van der Waals surface area contributed by atoms with Crippen LogP contribution in [-0.2, 0) is 11.0 Å². The molecule has 0 aliphatic carbocycles. The highest BCUT2D eigenvalue weighted by Crippen LogP contribution is 2.31. The van der Waals surface area contributed by atoms with Crippen molar-refractivity contribution in [2.45, 2.75) is 20.0 Å². The lowest BCUT2D eigenvalue weighted by atomic mass is 10.1. The van der Waals surface area contributed by atoms with Crippen molar-refractivity contribution in [2.75, 3.05) is 5.32 Å². The van der Waals surface area contributed by atoms with Crippen LogP contribution >= 0.6 is 0 Å². The average molecular weight is 454 g/mol. The van der Waals surface area contributed by atoms with Gasteiger partial charge in [-0.05, 0) is 44.2 Å². The summed E-state index contributed by atoms with van der Waals surface area (Å²) in [5, 5.41) is 6.67. The molecule has 3 heterocycles. The lowest BCUT2D eigenvalue weighted by Gasteiger charge is -2.10. The van der Waals surface area contributed by atoms with Gasteiger partial charge in [-0.25, -0.2) is 14.6 Å². The number of imidazole rings is 1. The van der Waals surface area contributed by atoms with E-state index in [2.05, 4.69) is 20.4 Å². The number of halogens is 3. The number of benzene rings is 1. The monoisotopic (exact) mass is 454 g/mol. The molecular weight excluding hydrogens is 437 g/mol. The number of Topliss-reactive ketones (excluding diaryl/α,β-unsaturated/α-hetero) is 1. The number of anilines is 1. The summed E-state index contributed by atoms with van der Waals surface area (Å²) in [6.45, 7) is 3.03. The number of pyridine rings is 1. The van der Waals surface area contributed by atoms with E-state index in [9.17, 15) is 22.8 Å². The van der Waals surface area contributed by atoms with Gasteiger partial charge in [-0.3, -0.25) is 14.2 Å². The molecule has 4 rings (SSSR count). The van der Waals surface area contributed by atoms with Gasteiger partial charge in [0.2, 0.25) is 0 Å². The number of nitrogens with one attached hydrogen (secondary N) is 1. The van der Waals surface area contributed by atoms with Crippen LogP contribution in [0.1, 0.15) is 27.3 Å². The minimum absolute atomic E-state index is 0.0212. The molecular formula is C22H17F3N6O2. The number of rotatable bonds is 5. The van der Waals surface area contributed by atoms with Crippen molar-refractivity contribution in [3.63, 3.8) is 0 Å². The first-order chi connectivity index (χ1) is 15.6. The van der Waals surface area contributed by atoms with Gasteiger partial charge in [0.1, 0.15) is 12.1 Å². The highest BCUT2D eigenvalue weighted by molar-refractivity contribution is 6.47. The fourth-order valence-electron chi connectivity index (χ4n) is 3.35. The number of hydrogen-bond acceptors (Lipinski definition) is 5. The molecule has 0 unspecified atom stereocenters. The smallest absolute Gasteiger partial charge is 0.318 e. The molecule has 1 aromatic carbocycles. The van der Waals surface area contributed by atoms with Gasteiger partial charge in [-0.2, -0.15) is 18.3 Å². The Balaban J connectivity index is 1.56. The normalized spacial score (nSPS) is 11.4. The van der Waals surface area contributed by atoms with Crippen molar-refractivity contribution in [1.82, 2.24) is 24.3 Å². The number of aryl methyl sites for hydroxylation is 1. The van der Waals surface area contributed by atoms with E-state index in [1.165, 1.54) is 36.9 Å². The number of aromatic nitrogens is 5. The molecule has 1 N–H and O–H groups in total. The van der Waals surface area contributed by atoms with Crippen molar-refractivity contribution in [2.24, 2.45) is 0 Å². The van der Waals surface area contributed by atoms with Gasteiger partial charge in [0.25, 0.3) is 11.7 Å². The Morgan fingerprint density at radius 3 is 2.52 bits per heavy atom. The Kier molecular flexibility index (Phi) is 5.54. The van der Waals surface area contributed by atoms with Gasteiger partial charge in [0, 0.05) is 12.4 Å². The summed E-state index contributed by atoms with van der Waals surface area (Å²) in [5.74, 6) is -1.20. The molecule has 0 radical (unpaired) electrons. The molecule has 33 heavy (non-hydrogen) atoms. The third-order valence-electron chi connectivity index (χ3n) is 4.92. The second-order valence-corrected chi connectivity index (χ2v) is 7.16. The summed E-state index contributed by atoms with van der Waals surface area (Å²) < 4.78 is 42.1. The molecule has 168 valence electrons. The summed E-state index contributed by atoms with van der Waals surface area (Å²) in [7, 11) is 0. The molecule has 1 amide bonds. The fraction of sp³-hybridized carbons (Fsp3) is 0.136. The molecule has 3 aromatic heterocycles. The molecule has 0 atom stereocenters. The predicted octanol–water partition coefficient (Wildman–Crippen LogP) is 3.91. The molecule has 0 saturated heterocycles. The van der Waals surface area contributed by atoms with Crippen LogP contribution < -0.4 is 5.32 Å². The van der Waals surface area contributed by atoms with Gasteiger partial charge < -0.3 is 5.32 Å². The van der Waals surface area contributed by atoms with Crippen LogP contribution in [0.4, 0.5) is 18.9 Å². The first-order valence-corrected chi connectivity index (χ1v) is 9.69.